The average Bonchev–Trinajstić information content (AvgIpc) is 2.84. The van der Waals surface area contributed by atoms with E-state index >= 15 is 0 Å². The number of thiophene rings is 1. The number of ether oxygens (including phenoxy) is 3. The first kappa shape index (κ1) is 16.5. The zero-order valence-corrected chi connectivity index (χ0v) is 15.4. The van der Waals surface area contributed by atoms with Crippen LogP contribution in [0.3, 0.4) is 0 Å². The van der Waals surface area contributed by atoms with E-state index < -0.39 is 0 Å². The minimum Gasteiger partial charge on any atom is -0.496 e. The van der Waals surface area contributed by atoms with Gasteiger partial charge >= 0.3 is 0 Å². The molecule has 0 N–H and O–H groups in total. The Morgan fingerprint density at radius 2 is 1.62 bits per heavy atom. The molecule has 0 amide bonds. The molecule has 0 aliphatic heterocycles. The van der Waals surface area contributed by atoms with Gasteiger partial charge in [-0.3, -0.25) is 0 Å². The Kier molecular flexibility index (Phi) is 5.41. The summed E-state index contributed by atoms with van der Waals surface area (Å²) in [6, 6.07) is 5.68. The summed E-state index contributed by atoms with van der Waals surface area (Å²) in [5.41, 5.74) is 1.96. The Labute approximate surface area is 141 Å². The van der Waals surface area contributed by atoms with Gasteiger partial charge in [-0.05, 0) is 34.5 Å². The molecular formula is C15H16BrClO3S. The molecular weight excluding hydrogens is 376 g/mol. The van der Waals surface area contributed by atoms with E-state index in [-0.39, 0.29) is 5.38 Å². The summed E-state index contributed by atoms with van der Waals surface area (Å²) in [5, 5.41) is -0.351. The maximum absolute atomic E-state index is 6.67. The third-order valence-electron chi connectivity index (χ3n) is 3.13. The standard InChI is InChI=1S/C15H16BrClO3S/c1-8-5-12(21-15(8)16)14(17)13-10(19-3)6-9(18-2)7-11(13)20-4/h5-7,14H,1-4H3. The Morgan fingerprint density at radius 1 is 1.05 bits per heavy atom. The summed E-state index contributed by atoms with van der Waals surface area (Å²) in [4.78, 5) is 1.03. The van der Waals surface area contributed by atoms with Crippen LogP contribution in [0.15, 0.2) is 22.0 Å². The monoisotopic (exact) mass is 390 g/mol. The van der Waals surface area contributed by atoms with Crippen LogP contribution in [0, 0.1) is 6.92 Å². The fourth-order valence-corrected chi connectivity index (χ4v) is 4.00. The smallest absolute Gasteiger partial charge is 0.131 e. The average molecular weight is 392 g/mol. The van der Waals surface area contributed by atoms with Crippen LogP contribution in [-0.4, -0.2) is 21.3 Å². The molecule has 1 unspecified atom stereocenters. The topological polar surface area (TPSA) is 27.7 Å². The molecule has 0 radical (unpaired) electrons. The summed E-state index contributed by atoms with van der Waals surface area (Å²) < 4.78 is 17.3. The largest absolute Gasteiger partial charge is 0.496 e. The van der Waals surface area contributed by atoms with E-state index in [1.165, 1.54) is 0 Å². The lowest BCUT2D eigenvalue weighted by Gasteiger charge is -2.18. The molecule has 1 heterocycles. The van der Waals surface area contributed by atoms with Gasteiger partial charge in [0.15, 0.2) is 0 Å². The van der Waals surface area contributed by atoms with Crippen molar-refractivity contribution in [3.05, 3.63) is 38.0 Å². The van der Waals surface area contributed by atoms with Crippen LogP contribution in [0.1, 0.15) is 21.4 Å². The molecule has 1 aromatic carbocycles. The van der Waals surface area contributed by atoms with E-state index in [1.807, 2.05) is 19.1 Å². The molecule has 0 bridgehead atoms. The number of rotatable bonds is 5. The van der Waals surface area contributed by atoms with Crippen LogP contribution in [0.2, 0.25) is 0 Å². The van der Waals surface area contributed by atoms with Gasteiger partial charge < -0.3 is 14.2 Å². The third kappa shape index (κ3) is 3.30. The highest BCUT2D eigenvalue weighted by Crippen LogP contribution is 2.46. The first-order valence-electron chi connectivity index (χ1n) is 6.21. The van der Waals surface area contributed by atoms with Crippen LogP contribution in [0.4, 0.5) is 0 Å². The zero-order valence-electron chi connectivity index (χ0n) is 12.2. The highest BCUT2D eigenvalue weighted by molar-refractivity contribution is 9.11. The molecule has 0 saturated carbocycles. The summed E-state index contributed by atoms with van der Waals surface area (Å²) >= 11 is 11.8. The lowest BCUT2D eigenvalue weighted by atomic mass is 10.1. The number of alkyl halides is 1. The lowest BCUT2D eigenvalue weighted by molar-refractivity contribution is 0.369. The summed E-state index contributed by atoms with van der Waals surface area (Å²) in [7, 11) is 4.82. The Morgan fingerprint density at radius 3 is 2.00 bits per heavy atom. The minimum atomic E-state index is -0.351. The highest BCUT2D eigenvalue weighted by atomic mass is 79.9. The molecule has 1 aromatic heterocycles. The predicted molar refractivity (Wildman–Crippen MR) is 90.6 cm³/mol. The van der Waals surface area contributed by atoms with Gasteiger partial charge in [-0.25, -0.2) is 0 Å². The molecule has 0 saturated heterocycles. The van der Waals surface area contributed by atoms with E-state index in [4.69, 9.17) is 25.8 Å². The second-order valence-electron chi connectivity index (χ2n) is 4.41. The van der Waals surface area contributed by atoms with Crippen LogP contribution < -0.4 is 14.2 Å². The molecule has 2 aromatic rings. The first-order valence-corrected chi connectivity index (χ1v) is 8.26. The highest BCUT2D eigenvalue weighted by Gasteiger charge is 2.24. The predicted octanol–water partition coefficient (Wildman–Crippen LogP) is 5.17. The fourth-order valence-electron chi connectivity index (χ4n) is 2.03. The van der Waals surface area contributed by atoms with Crippen molar-refractivity contribution in [2.24, 2.45) is 0 Å². The van der Waals surface area contributed by atoms with Gasteiger partial charge in [0, 0.05) is 17.0 Å². The molecule has 0 aliphatic rings. The van der Waals surface area contributed by atoms with Crippen molar-refractivity contribution in [3.8, 4) is 17.2 Å². The summed E-state index contributed by atoms with van der Waals surface area (Å²) in [6.07, 6.45) is 0. The number of aryl methyl sites for hydroxylation is 1. The van der Waals surface area contributed by atoms with Crippen molar-refractivity contribution in [2.45, 2.75) is 12.3 Å². The van der Waals surface area contributed by atoms with Crippen LogP contribution in [-0.2, 0) is 0 Å². The second-order valence-corrected chi connectivity index (χ2v) is 7.25. The number of hydrogen-bond acceptors (Lipinski definition) is 4. The van der Waals surface area contributed by atoms with E-state index in [0.717, 1.165) is 19.8 Å². The Bertz CT molecular complexity index is 597. The normalized spacial score (nSPS) is 12.1. The van der Waals surface area contributed by atoms with Crippen molar-refractivity contribution in [3.63, 3.8) is 0 Å². The maximum Gasteiger partial charge on any atom is 0.131 e. The number of hydrogen-bond donors (Lipinski definition) is 0. The minimum absolute atomic E-state index is 0.351. The van der Waals surface area contributed by atoms with Crippen molar-refractivity contribution in [2.75, 3.05) is 21.3 Å². The number of benzene rings is 1. The number of halogens is 2. The van der Waals surface area contributed by atoms with E-state index in [9.17, 15) is 0 Å². The maximum atomic E-state index is 6.67. The van der Waals surface area contributed by atoms with Crippen LogP contribution >= 0.6 is 38.9 Å². The molecule has 1 atom stereocenters. The molecule has 6 heteroatoms. The van der Waals surface area contributed by atoms with Crippen LogP contribution in [0.5, 0.6) is 17.2 Å². The van der Waals surface area contributed by atoms with E-state index in [2.05, 4.69) is 22.0 Å². The molecule has 114 valence electrons. The van der Waals surface area contributed by atoms with Gasteiger partial charge in [0.25, 0.3) is 0 Å². The van der Waals surface area contributed by atoms with E-state index in [0.29, 0.717) is 17.2 Å². The van der Waals surface area contributed by atoms with Gasteiger partial charge in [-0.1, -0.05) is 0 Å². The van der Waals surface area contributed by atoms with Crippen molar-refractivity contribution >= 4 is 38.9 Å². The fraction of sp³-hybridized carbons (Fsp3) is 0.333. The quantitative estimate of drug-likeness (QED) is 0.658. The van der Waals surface area contributed by atoms with Gasteiger partial charge in [0.05, 0.1) is 30.7 Å². The SMILES string of the molecule is COc1cc(OC)c(C(Cl)c2cc(C)c(Br)s2)c(OC)c1. The second kappa shape index (κ2) is 6.90. The Balaban J connectivity index is 2.55. The molecule has 2 rings (SSSR count). The van der Waals surface area contributed by atoms with E-state index in [1.54, 1.807) is 32.7 Å². The summed E-state index contributed by atoms with van der Waals surface area (Å²) in [6.45, 7) is 2.04. The van der Waals surface area contributed by atoms with Crippen molar-refractivity contribution < 1.29 is 14.2 Å². The Hall–Kier alpha value is -0.910. The molecule has 21 heavy (non-hydrogen) atoms. The molecule has 3 nitrogen and oxygen atoms in total. The first-order chi connectivity index (χ1) is 10.0. The molecule has 0 spiro atoms. The third-order valence-corrected chi connectivity index (χ3v) is 5.92. The summed E-state index contributed by atoms with van der Waals surface area (Å²) in [5.74, 6) is 1.96. The molecule has 0 fully saturated rings. The van der Waals surface area contributed by atoms with Gasteiger partial charge in [-0.15, -0.1) is 22.9 Å². The van der Waals surface area contributed by atoms with Gasteiger partial charge in [-0.2, -0.15) is 0 Å². The van der Waals surface area contributed by atoms with Gasteiger partial charge in [0.1, 0.15) is 22.6 Å². The van der Waals surface area contributed by atoms with Crippen LogP contribution in [0.25, 0.3) is 0 Å². The van der Waals surface area contributed by atoms with Crippen molar-refractivity contribution in [1.29, 1.82) is 0 Å². The van der Waals surface area contributed by atoms with Gasteiger partial charge in [0.2, 0.25) is 0 Å². The van der Waals surface area contributed by atoms with Crippen molar-refractivity contribution in [1.82, 2.24) is 0 Å². The lowest BCUT2D eigenvalue weighted by Crippen LogP contribution is -2.01. The zero-order chi connectivity index (χ0) is 15.6. The molecule has 0 aliphatic carbocycles. The number of methoxy groups -OCH3 is 3.